The molecule has 0 atom stereocenters. The lowest BCUT2D eigenvalue weighted by Crippen LogP contribution is -2.16. The Morgan fingerprint density at radius 2 is 2.00 bits per heavy atom. The summed E-state index contributed by atoms with van der Waals surface area (Å²) in [5.41, 5.74) is 1.17. The molecule has 0 nitrogen and oxygen atoms in total. The highest BCUT2D eigenvalue weighted by atomic mass is 79.9. The van der Waals surface area contributed by atoms with Crippen LogP contribution in [0.2, 0.25) is 0 Å². The van der Waals surface area contributed by atoms with Crippen LogP contribution in [0.25, 0.3) is 0 Å². The third kappa shape index (κ3) is 3.06. The number of hydrogen-bond donors (Lipinski definition) is 0. The highest BCUT2D eigenvalue weighted by molar-refractivity contribution is 9.10. The van der Waals surface area contributed by atoms with Crippen LogP contribution in [0.5, 0.6) is 0 Å². The Kier molecular flexibility index (Phi) is 4.14. The summed E-state index contributed by atoms with van der Waals surface area (Å²) in [6, 6.07) is 5.17. The zero-order valence-corrected chi connectivity index (χ0v) is 11.5. The summed E-state index contributed by atoms with van der Waals surface area (Å²) >= 11 is 6.73. The molecule has 0 radical (unpaired) electrons. The first-order valence-electron chi connectivity index (χ1n) is 4.45. The van der Waals surface area contributed by atoms with Crippen molar-refractivity contribution in [1.29, 1.82) is 0 Å². The van der Waals surface area contributed by atoms with Gasteiger partial charge in [-0.15, -0.1) is 0 Å². The number of benzene rings is 1. The van der Waals surface area contributed by atoms with E-state index in [4.69, 9.17) is 0 Å². The zero-order valence-electron chi connectivity index (χ0n) is 8.28. The van der Waals surface area contributed by atoms with Crippen molar-refractivity contribution in [2.75, 3.05) is 5.33 Å². The maximum Gasteiger partial charge on any atom is 0.137 e. The molecule has 0 spiro atoms. The summed E-state index contributed by atoms with van der Waals surface area (Å²) in [7, 11) is 0. The van der Waals surface area contributed by atoms with Gasteiger partial charge in [-0.2, -0.15) is 0 Å². The largest absolute Gasteiger partial charge is 0.206 e. The van der Waals surface area contributed by atoms with Gasteiger partial charge in [-0.25, -0.2) is 4.39 Å². The Morgan fingerprint density at radius 3 is 2.57 bits per heavy atom. The number of alkyl halides is 1. The predicted octanol–water partition coefficient (Wildman–Crippen LogP) is 4.55. The second-order valence-electron chi connectivity index (χ2n) is 4.19. The van der Waals surface area contributed by atoms with Crippen LogP contribution in [-0.2, 0) is 6.42 Å². The van der Waals surface area contributed by atoms with Gasteiger partial charge in [0.25, 0.3) is 0 Å². The third-order valence-corrected chi connectivity index (χ3v) is 4.47. The normalized spacial score (nSPS) is 11.8. The van der Waals surface area contributed by atoms with Crippen molar-refractivity contribution in [3.63, 3.8) is 0 Å². The van der Waals surface area contributed by atoms with Crippen LogP contribution in [0.1, 0.15) is 19.4 Å². The standard InChI is InChI=1S/C11H13Br2F/c1-11(2,7-12)6-8-4-3-5-9(14)10(8)13/h3-5H,6-7H2,1-2H3. The van der Waals surface area contributed by atoms with E-state index in [0.29, 0.717) is 4.47 Å². The van der Waals surface area contributed by atoms with Gasteiger partial charge in [-0.05, 0) is 39.4 Å². The molecule has 0 aliphatic carbocycles. The first-order chi connectivity index (χ1) is 6.46. The molecule has 14 heavy (non-hydrogen) atoms. The molecule has 78 valence electrons. The van der Waals surface area contributed by atoms with Gasteiger partial charge in [-0.3, -0.25) is 0 Å². The van der Waals surface area contributed by atoms with Gasteiger partial charge in [0, 0.05) is 5.33 Å². The van der Waals surface area contributed by atoms with Gasteiger partial charge in [-0.1, -0.05) is 41.9 Å². The van der Waals surface area contributed by atoms with Gasteiger partial charge in [0.15, 0.2) is 0 Å². The lowest BCUT2D eigenvalue weighted by atomic mass is 9.88. The summed E-state index contributed by atoms with van der Waals surface area (Å²) < 4.78 is 13.8. The molecule has 1 rings (SSSR count). The van der Waals surface area contributed by atoms with Crippen molar-refractivity contribution in [2.24, 2.45) is 5.41 Å². The Labute approximate surface area is 101 Å². The average molecular weight is 324 g/mol. The van der Waals surface area contributed by atoms with Crippen LogP contribution in [0.15, 0.2) is 22.7 Å². The maximum atomic E-state index is 13.2. The van der Waals surface area contributed by atoms with Crippen LogP contribution in [0.3, 0.4) is 0 Å². The zero-order chi connectivity index (χ0) is 10.8. The minimum absolute atomic E-state index is 0.149. The molecule has 0 fully saturated rings. The molecular weight excluding hydrogens is 311 g/mol. The topological polar surface area (TPSA) is 0 Å². The summed E-state index contributed by atoms with van der Waals surface area (Å²) in [5.74, 6) is -0.187. The highest BCUT2D eigenvalue weighted by Crippen LogP contribution is 2.29. The van der Waals surface area contributed by atoms with E-state index in [2.05, 4.69) is 45.7 Å². The lowest BCUT2D eigenvalue weighted by molar-refractivity contribution is 0.423. The van der Waals surface area contributed by atoms with Gasteiger partial charge >= 0.3 is 0 Å². The van der Waals surface area contributed by atoms with E-state index in [-0.39, 0.29) is 11.2 Å². The Morgan fingerprint density at radius 1 is 1.36 bits per heavy atom. The van der Waals surface area contributed by atoms with Gasteiger partial charge in [0.1, 0.15) is 5.82 Å². The van der Waals surface area contributed by atoms with Crippen LogP contribution >= 0.6 is 31.9 Å². The number of rotatable bonds is 3. The van der Waals surface area contributed by atoms with E-state index in [1.165, 1.54) is 6.07 Å². The maximum absolute atomic E-state index is 13.2. The van der Waals surface area contributed by atoms with Crippen molar-refractivity contribution in [1.82, 2.24) is 0 Å². The minimum Gasteiger partial charge on any atom is -0.206 e. The summed E-state index contributed by atoms with van der Waals surface area (Å²) in [6.45, 7) is 4.30. The molecule has 0 N–H and O–H groups in total. The van der Waals surface area contributed by atoms with Crippen molar-refractivity contribution < 1.29 is 4.39 Å². The average Bonchev–Trinajstić information content (AvgIpc) is 2.13. The van der Waals surface area contributed by atoms with E-state index in [1.807, 2.05) is 6.07 Å². The quantitative estimate of drug-likeness (QED) is 0.716. The van der Waals surface area contributed by atoms with E-state index >= 15 is 0 Å². The molecule has 0 saturated carbocycles. The van der Waals surface area contributed by atoms with Crippen molar-refractivity contribution in [3.8, 4) is 0 Å². The summed E-state index contributed by atoms with van der Waals surface area (Å²) in [6.07, 6.45) is 0.858. The summed E-state index contributed by atoms with van der Waals surface area (Å²) in [5, 5.41) is 0.906. The molecule has 0 amide bonds. The van der Waals surface area contributed by atoms with Crippen molar-refractivity contribution in [2.45, 2.75) is 20.3 Å². The fourth-order valence-corrected chi connectivity index (χ4v) is 1.85. The first-order valence-corrected chi connectivity index (χ1v) is 6.36. The molecule has 0 unspecified atom stereocenters. The third-order valence-electron chi connectivity index (χ3n) is 2.06. The first kappa shape index (κ1) is 12.2. The Balaban J connectivity index is 2.92. The predicted molar refractivity (Wildman–Crippen MR) is 65.4 cm³/mol. The molecular formula is C11H13Br2F. The van der Waals surface area contributed by atoms with Crippen LogP contribution in [0, 0.1) is 11.2 Å². The Hall–Kier alpha value is 0.110. The molecule has 0 aliphatic rings. The summed E-state index contributed by atoms with van der Waals surface area (Å²) in [4.78, 5) is 0. The monoisotopic (exact) mass is 322 g/mol. The molecule has 1 aromatic rings. The molecule has 0 heterocycles. The van der Waals surface area contributed by atoms with E-state index < -0.39 is 0 Å². The fraction of sp³-hybridized carbons (Fsp3) is 0.455. The highest BCUT2D eigenvalue weighted by Gasteiger charge is 2.18. The van der Waals surface area contributed by atoms with E-state index in [0.717, 1.165) is 17.3 Å². The lowest BCUT2D eigenvalue weighted by Gasteiger charge is -2.22. The smallest absolute Gasteiger partial charge is 0.137 e. The fourth-order valence-electron chi connectivity index (χ4n) is 1.25. The molecule has 0 aliphatic heterocycles. The van der Waals surface area contributed by atoms with Crippen molar-refractivity contribution >= 4 is 31.9 Å². The van der Waals surface area contributed by atoms with Crippen molar-refractivity contribution in [3.05, 3.63) is 34.1 Å². The minimum atomic E-state index is -0.187. The van der Waals surface area contributed by atoms with Gasteiger partial charge in [0.2, 0.25) is 0 Å². The molecule has 3 heteroatoms. The van der Waals surface area contributed by atoms with Crippen LogP contribution in [-0.4, -0.2) is 5.33 Å². The van der Waals surface area contributed by atoms with Gasteiger partial charge < -0.3 is 0 Å². The van der Waals surface area contributed by atoms with Crippen LogP contribution in [0.4, 0.5) is 4.39 Å². The molecule has 0 aromatic heterocycles. The second-order valence-corrected chi connectivity index (χ2v) is 5.54. The van der Waals surface area contributed by atoms with E-state index in [9.17, 15) is 4.39 Å². The second kappa shape index (κ2) is 4.75. The Bertz CT molecular complexity index is 321. The molecule has 0 saturated heterocycles. The number of halogens is 3. The SMILES string of the molecule is CC(C)(CBr)Cc1cccc(F)c1Br. The van der Waals surface area contributed by atoms with Crippen LogP contribution < -0.4 is 0 Å². The van der Waals surface area contributed by atoms with E-state index in [1.54, 1.807) is 6.07 Å². The molecule has 0 bridgehead atoms. The molecule has 1 aromatic carbocycles. The van der Waals surface area contributed by atoms with Gasteiger partial charge in [0.05, 0.1) is 4.47 Å². The number of hydrogen-bond acceptors (Lipinski definition) is 0.